The number of likely N-dealkylation sites (tertiary alicyclic amines) is 1. The van der Waals surface area contributed by atoms with Crippen molar-refractivity contribution in [1.29, 1.82) is 0 Å². The summed E-state index contributed by atoms with van der Waals surface area (Å²) >= 11 is 0. The van der Waals surface area contributed by atoms with E-state index in [1.807, 2.05) is 56.0 Å². The lowest BCUT2D eigenvalue weighted by Gasteiger charge is -2.38. The molecule has 0 aromatic heterocycles. The van der Waals surface area contributed by atoms with E-state index in [-0.39, 0.29) is 29.1 Å². The van der Waals surface area contributed by atoms with Crippen LogP contribution >= 0.6 is 0 Å². The number of ketones is 1. The number of rotatable bonds is 5. The zero-order valence-electron chi connectivity index (χ0n) is 19.2. The lowest BCUT2D eigenvalue weighted by atomic mass is 9.85. The van der Waals surface area contributed by atoms with Crippen LogP contribution in [-0.4, -0.2) is 45.5 Å². The van der Waals surface area contributed by atoms with Crippen LogP contribution in [0.5, 0.6) is 0 Å². The molecule has 0 radical (unpaired) electrons. The third-order valence-corrected chi connectivity index (χ3v) is 7.43. The van der Waals surface area contributed by atoms with Crippen molar-refractivity contribution in [3.05, 3.63) is 75.8 Å². The van der Waals surface area contributed by atoms with Crippen molar-refractivity contribution in [2.24, 2.45) is 11.8 Å². The van der Waals surface area contributed by atoms with Crippen molar-refractivity contribution < 1.29 is 19.3 Å². The number of allylic oxidation sites excluding steroid dienone is 1. The molecule has 2 fully saturated rings. The maximum atomic E-state index is 13.9. The van der Waals surface area contributed by atoms with Gasteiger partial charge in [-0.15, -0.1) is 0 Å². The number of hydrogen-bond acceptors (Lipinski definition) is 6. The predicted molar refractivity (Wildman–Crippen MR) is 126 cm³/mol. The van der Waals surface area contributed by atoms with Gasteiger partial charge < -0.3 is 4.90 Å². The van der Waals surface area contributed by atoms with Gasteiger partial charge in [0.15, 0.2) is 5.78 Å². The quantitative estimate of drug-likeness (QED) is 0.291. The largest absolute Gasteiger partial charge is 0.352 e. The first-order chi connectivity index (χ1) is 16.3. The maximum Gasteiger partial charge on any atom is 0.270 e. The minimum atomic E-state index is -0.937. The number of nitro groups is 1. The molecule has 5 atom stereocenters. The molecule has 34 heavy (non-hydrogen) atoms. The molecule has 2 aromatic carbocycles. The second-order valence-electron chi connectivity index (χ2n) is 9.24. The Morgan fingerprint density at radius 1 is 1.09 bits per heavy atom. The van der Waals surface area contributed by atoms with Gasteiger partial charge in [0.1, 0.15) is 6.04 Å². The Bertz CT molecular complexity index is 1270. The van der Waals surface area contributed by atoms with Gasteiger partial charge in [-0.1, -0.05) is 43.3 Å². The molecule has 0 saturated carbocycles. The smallest absolute Gasteiger partial charge is 0.270 e. The first-order valence-electron chi connectivity index (χ1n) is 11.5. The Balaban J connectivity index is 1.68. The number of fused-ring (bicyclic) bond motifs is 5. The van der Waals surface area contributed by atoms with Crippen LogP contribution in [0.4, 0.5) is 11.4 Å². The molecule has 5 rings (SSSR count). The van der Waals surface area contributed by atoms with Crippen LogP contribution in [0.25, 0.3) is 5.57 Å². The molecule has 2 saturated heterocycles. The minimum absolute atomic E-state index is 0.157. The molecule has 2 aromatic rings. The highest BCUT2D eigenvalue weighted by molar-refractivity contribution is 6.14. The van der Waals surface area contributed by atoms with E-state index in [1.165, 1.54) is 29.2 Å². The highest BCUT2D eigenvalue weighted by atomic mass is 16.6. The van der Waals surface area contributed by atoms with Gasteiger partial charge in [0.25, 0.3) is 5.69 Å². The molecule has 8 nitrogen and oxygen atoms in total. The van der Waals surface area contributed by atoms with Crippen LogP contribution in [0.15, 0.2) is 54.6 Å². The molecule has 3 aliphatic rings. The van der Waals surface area contributed by atoms with Gasteiger partial charge >= 0.3 is 0 Å². The number of para-hydroxylation sites is 1. The molecule has 3 heterocycles. The van der Waals surface area contributed by atoms with Crippen molar-refractivity contribution in [3.8, 4) is 0 Å². The van der Waals surface area contributed by atoms with Crippen molar-refractivity contribution in [2.75, 3.05) is 4.90 Å². The number of carbonyl (C=O) groups excluding carboxylic acids is 3. The monoisotopic (exact) mass is 459 g/mol. The summed E-state index contributed by atoms with van der Waals surface area (Å²) in [5.41, 5.74) is 2.68. The Labute approximate surface area is 197 Å². The fraction of sp³-hybridized carbons (Fsp3) is 0.346. The van der Waals surface area contributed by atoms with E-state index in [4.69, 9.17) is 0 Å². The summed E-state index contributed by atoms with van der Waals surface area (Å²) in [7, 11) is 0. The number of anilines is 1. The molecule has 0 N–H and O–H groups in total. The third kappa shape index (κ3) is 3.01. The maximum absolute atomic E-state index is 13.9. The molecular formula is C26H25N3O5. The summed E-state index contributed by atoms with van der Waals surface area (Å²) in [6.07, 6.45) is 2.60. The second kappa shape index (κ2) is 7.90. The molecule has 2 amide bonds. The number of nitro benzene ring substituents is 1. The zero-order chi connectivity index (χ0) is 24.3. The van der Waals surface area contributed by atoms with Crippen molar-refractivity contribution >= 4 is 34.5 Å². The van der Waals surface area contributed by atoms with E-state index < -0.39 is 34.6 Å². The van der Waals surface area contributed by atoms with E-state index in [9.17, 15) is 24.5 Å². The van der Waals surface area contributed by atoms with Gasteiger partial charge in [-0.2, -0.15) is 0 Å². The lowest BCUT2D eigenvalue weighted by Crippen LogP contribution is -2.50. The van der Waals surface area contributed by atoms with E-state index >= 15 is 0 Å². The number of carbonyl (C=O) groups is 3. The highest BCUT2D eigenvalue weighted by Gasteiger charge is 2.64. The van der Waals surface area contributed by atoms with Crippen LogP contribution in [0.1, 0.15) is 43.1 Å². The summed E-state index contributed by atoms with van der Waals surface area (Å²) in [5, 5.41) is 11.3. The fourth-order valence-electron chi connectivity index (χ4n) is 5.68. The van der Waals surface area contributed by atoms with Gasteiger partial charge in [0, 0.05) is 35.0 Å². The molecule has 0 spiro atoms. The van der Waals surface area contributed by atoms with Gasteiger partial charge in [0.05, 0.1) is 22.8 Å². The summed E-state index contributed by atoms with van der Waals surface area (Å²) in [6.45, 7) is 5.72. The molecule has 3 aliphatic heterocycles. The van der Waals surface area contributed by atoms with Gasteiger partial charge in [-0.25, -0.2) is 0 Å². The second-order valence-corrected chi connectivity index (χ2v) is 9.24. The van der Waals surface area contributed by atoms with Crippen LogP contribution in [0.3, 0.4) is 0 Å². The zero-order valence-corrected chi connectivity index (χ0v) is 19.2. The molecule has 0 unspecified atom stereocenters. The average molecular weight is 460 g/mol. The molecular weight excluding hydrogens is 434 g/mol. The van der Waals surface area contributed by atoms with E-state index in [2.05, 4.69) is 0 Å². The van der Waals surface area contributed by atoms with Crippen molar-refractivity contribution in [1.82, 2.24) is 4.90 Å². The average Bonchev–Trinajstić information content (AvgIpc) is 3.31. The van der Waals surface area contributed by atoms with E-state index in [0.29, 0.717) is 6.42 Å². The summed E-state index contributed by atoms with van der Waals surface area (Å²) in [6, 6.07) is 11.5. The lowest BCUT2D eigenvalue weighted by molar-refractivity contribution is -0.384. The van der Waals surface area contributed by atoms with Crippen LogP contribution in [0, 0.1) is 22.0 Å². The Morgan fingerprint density at radius 2 is 1.79 bits per heavy atom. The van der Waals surface area contributed by atoms with E-state index in [0.717, 1.165) is 16.8 Å². The normalized spacial score (nSPS) is 26.0. The van der Waals surface area contributed by atoms with Crippen LogP contribution in [-0.2, 0) is 9.59 Å². The van der Waals surface area contributed by atoms with Crippen LogP contribution in [0.2, 0.25) is 0 Å². The molecule has 8 heteroatoms. The summed E-state index contributed by atoms with van der Waals surface area (Å²) in [5.74, 6) is -2.52. The number of non-ortho nitro benzene ring substituents is 1. The minimum Gasteiger partial charge on any atom is -0.352 e. The molecule has 0 bridgehead atoms. The Morgan fingerprint density at radius 3 is 2.50 bits per heavy atom. The number of imide groups is 1. The predicted octanol–water partition coefficient (Wildman–Crippen LogP) is 3.85. The number of benzene rings is 2. The van der Waals surface area contributed by atoms with Gasteiger partial charge in [-0.3, -0.25) is 29.4 Å². The molecule has 174 valence electrons. The topological polar surface area (TPSA) is 101 Å². The summed E-state index contributed by atoms with van der Waals surface area (Å²) < 4.78 is 0. The Hall–Kier alpha value is -3.81. The van der Waals surface area contributed by atoms with Gasteiger partial charge in [-0.05, 0) is 31.9 Å². The number of hydrogen-bond donors (Lipinski definition) is 0. The summed E-state index contributed by atoms with van der Waals surface area (Å²) in [4.78, 5) is 55.2. The molecule has 0 aliphatic carbocycles. The van der Waals surface area contributed by atoms with Crippen LogP contribution < -0.4 is 4.90 Å². The number of amides is 2. The Kier molecular flexibility index (Phi) is 5.11. The fourth-order valence-corrected chi connectivity index (χ4v) is 5.68. The van der Waals surface area contributed by atoms with Crippen molar-refractivity contribution in [3.63, 3.8) is 0 Å². The number of nitrogens with zero attached hydrogens (tertiary/aromatic N) is 3. The SMILES string of the molecule is CC[C@@H](C)N1C(=O)[C@@H]2[C@H](C1=O)[C@@H]1C=C(C)c3ccccc3N1[C@@H]2C(=O)c1cccc([N+](=O)[O-])c1. The third-order valence-electron chi connectivity index (χ3n) is 7.43. The first-order valence-corrected chi connectivity index (χ1v) is 11.5. The van der Waals surface area contributed by atoms with Crippen molar-refractivity contribution in [2.45, 2.75) is 45.3 Å². The van der Waals surface area contributed by atoms with E-state index in [1.54, 1.807) is 0 Å². The standard InChI is InChI=1S/C26H25N3O5/c1-4-15(3)27-25(31)21-20-12-14(2)18-10-5-6-11-19(18)28(20)23(22(21)26(27)32)24(30)16-8-7-9-17(13-16)29(33)34/h5-13,15,20-23H,4H2,1-3H3/t15-,20+,21-,22-,23+/m1/s1. The highest BCUT2D eigenvalue weighted by Crippen LogP contribution is 2.50. The first kappa shape index (κ1) is 22.0. The van der Waals surface area contributed by atoms with Gasteiger partial charge in [0.2, 0.25) is 11.8 Å². The number of Topliss-reactive ketones (excluding diaryl/α,β-unsaturated/α-hetero) is 1.